The molecule has 9 nitrogen and oxygen atoms in total. The number of Topliss-reactive ketones (excluding diaryl/α,β-unsaturated/α-hetero) is 1. The number of nitro benzene ring substituents is 1. The average molecular weight is 624 g/mol. The standard InChI is InChI=1S/C27H19BrN4O5S2/c1-15-5-7-16(8-6-15)14-38-27-30-29-26(39-27)31-22(18-3-2-4-20(13-18)32(36)37)21(24(34)25(31)35)23(33)17-9-11-19(28)12-10-17/h2-13,22,33H,14H2,1H3/b23-21-. The molecule has 0 saturated carbocycles. The van der Waals surface area contributed by atoms with E-state index in [4.69, 9.17) is 0 Å². The number of hydrogen-bond donors (Lipinski definition) is 1. The molecule has 0 radical (unpaired) electrons. The van der Waals surface area contributed by atoms with Crippen molar-refractivity contribution in [3.05, 3.63) is 115 Å². The third kappa shape index (κ3) is 5.49. The predicted octanol–water partition coefficient (Wildman–Crippen LogP) is 6.44. The smallest absolute Gasteiger partial charge is 0.301 e. The van der Waals surface area contributed by atoms with Gasteiger partial charge in [0.25, 0.3) is 11.5 Å². The number of rotatable bonds is 7. The maximum Gasteiger partial charge on any atom is 0.301 e. The van der Waals surface area contributed by atoms with Crippen LogP contribution in [0.15, 0.2) is 87.2 Å². The number of hydrogen-bond acceptors (Lipinski definition) is 9. The van der Waals surface area contributed by atoms with Gasteiger partial charge in [-0.25, -0.2) is 0 Å². The van der Waals surface area contributed by atoms with Crippen molar-refractivity contribution in [3.8, 4) is 0 Å². The molecule has 0 spiro atoms. The molecule has 39 heavy (non-hydrogen) atoms. The SMILES string of the molecule is Cc1ccc(CSc2nnc(N3C(=O)C(=O)/C(=C(\O)c4ccc(Br)cc4)C3c3cccc([N+](=O)[O-])c3)s2)cc1. The molecule has 2 heterocycles. The van der Waals surface area contributed by atoms with Gasteiger partial charge in [-0.2, -0.15) is 0 Å². The Morgan fingerprint density at radius 2 is 1.82 bits per heavy atom. The number of aryl methyl sites for hydroxylation is 1. The third-order valence-corrected chi connectivity index (χ3v) is 8.70. The summed E-state index contributed by atoms with van der Waals surface area (Å²) in [6.07, 6.45) is 0. The normalized spacial score (nSPS) is 16.6. The Labute approximate surface area is 239 Å². The number of thioether (sulfide) groups is 1. The van der Waals surface area contributed by atoms with Crippen molar-refractivity contribution in [3.63, 3.8) is 0 Å². The Hall–Kier alpha value is -3.87. The van der Waals surface area contributed by atoms with E-state index in [-0.39, 0.29) is 22.0 Å². The molecular weight excluding hydrogens is 604 g/mol. The molecule has 3 aromatic carbocycles. The second kappa shape index (κ2) is 11.1. The van der Waals surface area contributed by atoms with Crippen LogP contribution in [0.2, 0.25) is 0 Å². The van der Waals surface area contributed by atoms with E-state index in [9.17, 15) is 24.8 Å². The van der Waals surface area contributed by atoms with Crippen molar-refractivity contribution in [2.24, 2.45) is 0 Å². The number of aromatic nitrogens is 2. The Morgan fingerprint density at radius 1 is 1.10 bits per heavy atom. The molecule has 1 saturated heterocycles. The van der Waals surface area contributed by atoms with Crippen LogP contribution in [0, 0.1) is 17.0 Å². The summed E-state index contributed by atoms with van der Waals surface area (Å²) in [5.74, 6) is -1.59. The zero-order valence-electron chi connectivity index (χ0n) is 20.3. The summed E-state index contributed by atoms with van der Waals surface area (Å²) in [5, 5.41) is 31.2. The average Bonchev–Trinajstić information content (AvgIpc) is 3.50. The van der Waals surface area contributed by atoms with Gasteiger partial charge in [-0.05, 0) is 30.2 Å². The van der Waals surface area contributed by atoms with Crippen LogP contribution in [0.3, 0.4) is 0 Å². The molecule has 0 bridgehead atoms. The first-order valence-corrected chi connectivity index (χ1v) is 14.2. The molecule has 12 heteroatoms. The highest BCUT2D eigenvalue weighted by molar-refractivity contribution is 9.10. The van der Waals surface area contributed by atoms with Gasteiger partial charge in [0.05, 0.1) is 16.5 Å². The molecule has 5 rings (SSSR count). The molecule has 1 fully saturated rings. The minimum Gasteiger partial charge on any atom is -0.507 e. The van der Waals surface area contributed by atoms with Crippen molar-refractivity contribution < 1.29 is 19.6 Å². The van der Waals surface area contributed by atoms with E-state index in [0.717, 1.165) is 31.8 Å². The molecule has 1 aliphatic rings. The number of ketones is 1. The minimum atomic E-state index is -1.14. The van der Waals surface area contributed by atoms with Crippen molar-refractivity contribution in [1.29, 1.82) is 0 Å². The summed E-state index contributed by atoms with van der Waals surface area (Å²) in [4.78, 5) is 38.8. The molecule has 1 aliphatic heterocycles. The first-order valence-electron chi connectivity index (χ1n) is 11.6. The highest BCUT2D eigenvalue weighted by Crippen LogP contribution is 2.44. The summed E-state index contributed by atoms with van der Waals surface area (Å²) in [6.45, 7) is 2.01. The fraction of sp³-hybridized carbons (Fsp3) is 0.111. The van der Waals surface area contributed by atoms with Crippen LogP contribution in [0.5, 0.6) is 0 Å². The molecular formula is C27H19BrN4O5S2. The lowest BCUT2D eigenvalue weighted by molar-refractivity contribution is -0.384. The van der Waals surface area contributed by atoms with Gasteiger partial charge in [-0.1, -0.05) is 93.1 Å². The van der Waals surface area contributed by atoms with E-state index >= 15 is 0 Å². The lowest BCUT2D eigenvalue weighted by Gasteiger charge is -2.22. The molecule has 1 amide bonds. The van der Waals surface area contributed by atoms with Crippen LogP contribution in [-0.4, -0.2) is 31.9 Å². The second-order valence-electron chi connectivity index (χ2n) is 8.65. The first-order chi connectivity index (χ1) is 18.7. The van der Waals surface area contributed by atoms with Gasteiger partial charge < -0.3 is 5.11 Å². The van der Waals surface area contributed by atoms with E-state index in [0.29, 0.717) is 15.7 Å². The number of nitrogens with zero attached hydrogens (tertiary/aromatic N) is 4. The van der Waals surface area contributed by atoms with E-state index in [2.05, 4.69) is 26.1 Å². The quantitative estimate of drug-likeness (QED) is 0.0475. The van der Waals surface area contributed by atoms with Gasteiger partial charge >= 0.3 is 5.91 Å². The Kier molecular flexibility index (Phi) is 7.60. The van der Waals surface area contributed by atoms with E-state index in [1.807, 2.05) is 31.2 Å². The number of halogens is 1. The zero-order valence-corrected chi connectivity index (χ0v) is 23.5. The zero-order chi connectivity index (χ0) is 27.7. The highest BCUT2D eigenvalue weighted by atomic mass is 79.9. The van der Waals surface area contributed by atoms with Crippen LogP contribution in [0.1, 0.15) is 28.3 Å². The first kappa shape index (κ1) is 26.7. The number of nitro groups is 1. The fourth-order valence-corrected chi connectivity index (χ4v) is 6.19. The number of aliphatic hydroxyl groups is 1. The Balaban J connectivity index is 1.56. The molecule has 1 unspecified atom stereocenters. The Bertz CT molecular complexity index is 1620. The summed E-state index contributed by atoms with van der Waals surface area (Å²) in [7, 11) is 0. The number of carbonyl (C=O) groups is 2. The monoisotopic (exact) mass is 622 g/mol. The molecule has 1 N–H and O–H groups in total. The lowest BCUT2D eigenvalue weighted by atomic mass is 9.95. The summed E-state index contributed by atoms with van der Waals surface area (Å²) >= 11 is 5.90. The second-order valence-corrected chi connectivity index (χ2v) is 11.7. The largest absolute Gasteiger partial charge is 0.507 e. The van der Waals surface area contributed by atoms with Gasteiger partial charge in [0.15, 0.2) is 4.34 Å². The number of aliphatic hydroxyl groups excluding tert-OH is 1. The van der Waals surface area contributed by atoms with Crippen molar-refractivity contribution >= 4 is 67.3 Å². The maximum absolute atomic E-state index is 13.4. The van der Waals surface area contributed by atoms with Crippen molar-refractivity contribution in [2.75, 3.05) is 4.90 Å². The van der Waals surface area contributed by atoms with Crippen LogP contribution in [0.4, 0.5) is 10.8 Å². The lowest BCUT2D eigenvalue weighted by Crippen LogP contribution is -2.29. The predicted molar refractivity (Wildman–Crippen MR) is 153 cm³/mol. The van der Waals surface area contributed by atoms with Crippen molar-refractivity contribution in [1.82, 2.24) is 10.2 Å². The van der Waals surface area contributed by atoms with Crippen LogP contribution in [-0.2, 0) is 15.3 Å². The fourth-order valence-electron chi connectivity index (χ4n) is 4.10. The Morgan fingerprint density at radius 3 is 2.51 bits per heavy atom. The summed E-state index contributed by atoms with van der Waals surface area (Å²) < 4.78 is 1.34. The minimum absolute atomic E-state index is 0.148. The van der Waals surface area contributed by atoms with Gasteiger partial charge in [0.1, 0.15) is 5.76 Å². The number of amides is 1. The molecule has 1 aromatic heterocycles. The van der Waals surface area contributed by atoms with Gasteiger partial charge in [0, 0.05) is 27.9 Å². The van der Waals surface area contributed by atoms with Crippen LogP contribution in [0.25, 0.3) is 5.76 Å². The van der Waals surface area contributed by atoms with E-state index in [1.54, 1.807) is 30.3 Å². The van der Waals surface area contributed by atoms with Crippen LogP contribution < -0.4 is 4.90 Å². The van der Waals surface area contributed by atoms with E-state index < -0.39 is 28.4 Å². The third-order valence-electron chi connectivity index (χ3n) is 6.04. The van der Waals surface area contributed by atoms with Crippen molar-refractivity contribution in [2.45, 2.75) is 23.1 Å². The van der Waals surface area contributed by atoms with Gasteiger partial charge in [-0.15, -0.1) is 10.2 Å². The molecule has 196 valence electrons. The summed E-state index contributed by atoms with van der Waals surface area (Å²) in [5.41, 5.74) is 2.44. The van der Waals surface area contributed by atoms with Gasteiger partial charge in [0.2, 0.25) is 5.13 Å². The topological polar surface area (TPSA) is 127 Å². The van der Waals surface area contributed by atoms with Gasteiger partial charge in [-0.3, -0.25) is 24.6 Å². The molecule has 1 atom stereocenters. The van der Waals surface area contributed by atoms with Crippen LogP contribution >= 0.6 is 39.0 Å². The number of carbonyl (C=O) groups excluding carboxylic acids is 2. The number of non-ortho nitro benzene ring substituents is 1. The highest BCUT2D eigenvalue weighted by Gasteiger charge is 2.48. The molecule has 4 aromatic rings. The van der Waals surface area contributed by atoms with E-state index in [1.165, 1.54) is 30.0 Å². The molecule has 0 aliphatic carbocycles. The summed E-state index contributed by atoms with van der Waals surface area (Å²) in [6, 6.07) is 19.2. The number of benzene rings is 3. The number of anilines is 1. The maximum atomic E-state index is 13.4.